The molecule has 164 valence electrons. The molecule has 6 bridgehead atoms. The third-order valence-corrected chi connectivity index (χ3v) is 8.91. The van der Waals surface area contributed by atoms with Crippen LogP contribution in [0.25, 0.3) is 0 Å². The topological polar surface area (TPSA) is 68.3 Å². The number of carbonyl (C=O) groups excluding carboxylic acids is 2. The van der Waals surface area contributed by atoms with E-state index in [4.69, 9.17) is 14.2 Å². The number of esters is 2. The average molecular weight is 424 g/mol. The van der Waals surface area contributed by atoms with Gasteiger partial charge in [0.05, 0.1) is 12.5 Å². The van der Waals surface area contributed by atoms with E-state index >= 15 is 0 Å². The number of carbonyl (C=O) groups is 2. The van der Waals surface area contributed by atoms with Gasteiger partial charge in [0.25, 0.3) is 0 Å². The molecule has 7 heteroatoms. The monoisotopic (exact) mass is 424 g/mol. The molecule has 6 fully saturated rings. The Morgan fingerprint density at radius 1 is 1.29 bits per heavy atom. The number of nitrogens with zero attached hydrogens (tertiary/aromatic N) is 2. The maximum absolute atomic E-state index is 14.0. The summed E-state index contributed by atoms with van der Waals surface area (Å²) in [5.74, 6) is -0.914. The number of ether oxygens (including phenoxy) is 3. The zero-order valence-corrected chi connectivity index (χ0v) is 18.4. The molecule has 0 N–H and O–H groups in total. The quantitative estimate of drug-likeness (QED) is 0.533. The molecule has 0 radical (unpaired) electrons. The standard InChI is InChI=1S/C24H28N2O5/c1-5-15-13-26-11-10-22-16-8-6-7-9-18(16)25(3)24(22,26)19-12-17(15)23(22,20(28)29-4)21(31-19)30-14(2)27/h5-9,17,19,21H,10-13H2,1-4H3/t17-,19+,21+,22-,23-,24-/m0/s1. The molecule has 7 nitrogen and oxygen atoms in total. The predicted molar refractivity (Wildman–Crippen MR) is 112 cm³/mol. The van der Waals surface area contributed by atoms with Crippen LogP contribution in [0.1, 0.15) is 32.3 Å². The van der Waals surface area contributed by atoms with Crippen LogP contribution >= 0.6 is 0 Å². The third-order valence-electron chi connectivity index (χ3n) is 8.91. The molecule has 6 heterocycles. The molecule has 0 amide bonds. The van der Waals surface area contributed by atoms with Crippen molar-refractivity contribution in [3.8, 4) is 0 Å². The van der Waals surface area contributed by atoms with Crippen molar-refractivity contribution in [2.24, 2.45) is 11.3 Å². The molecule has 6 aliphatic heterocycles. The van der Waals surface area contributed by atoms with E-state index in [2.05, 4.69) is 35.1 Å². The summed E-state index contributed by atoms with van der Waals surface area (Å²) in [6.45, 7) is 5.02. The van der Waals surface area contributed by atoms with Crippen molar-refractivity contribution in [2.45, 2.75) is 50.2 Å². The van der Waals surface area contributed by atoms with Gasteiger partial charge in [0.1, 0.15) is 17.2 Å². The second kappa shape index (κ2) is 5.90. The van der Waals surface area contributed by atoms with Gasteiger partial charge in [0.2, 0.25) is 6.29 Å². The number of anilines is 1. The minimum Gasteiger partial charge on any atom is -0.468 e. The fourth-order valence-electron chi connectivity index (χ4n) is 8.25. The largest absolute Gasteiger partial charge is 0.468 e. The number of para-hydroxylation sites is 1. The van der Waals surface area contributed by atoms with Crippen LogP contribution in [-0.2, 0) is 29.2 Å². The lowest BCUT2D eigenvalue weighted by Crippen LogP contribution is -2.83. The number of allylic oxidation sites excluding steroid dienone is 1. The lowest BCUT2D eigenvalue weighted by molar-refractivity contribution is -0.334. The molecule has 5 saturated heterocycles. The Bertz CT molecular complexity index is 1040. The van der Waals surface area contributed by atoms with Crippen LogP contribution in [0.5, 0.6) is 0 Å². The molecule has 1 spiro atoms. The van der Waals surface area contributed by atoms with Crippen LogP contribution in [0.3, 0.4) is 0 Å². The number of likely N-dealkylation sites (N-methyl/N-ethyl adjacent to an activating group) is 1. The first kappa shape index (κ1) is 19.3. The fraction of sp³-hybridized carbons (Fsp3) is 0.583. The zero-order chi connectivity index (χ0) is 21.8. The summed E-state index contributed by atoms with van der Waals surface area (Å²) in [5.41, 5.74) is 1.17. The van der Waals surface area contributed by atoms with Crippen LogP contribution in [0.4, 0.5) is 5.69 Å². The SMILES string of the molecule is CC=C1CN2CC[C@@]34c5ccccc5N(C)[C@@]23[C@H]2C[C@@H]1[C@]4(C(=O)OC)[C@H](OC(C)=O)O2. The molecule has 1 aromatic rings. The normalized spacial score (nSPS) is 44.8. The highest BCUT2D eigenvalue weighted by Crippen LogP contribution is 2.78. The van der Waals surface area contributed by atoms with Crippen LogP contribution in [-0.4, -0.2) is 62.1 Å². The summed E-state index contributed by atoms with van der Waals surface area (Å²) in [6.07, 6.45) is 2.43. The Labute approximate surface area is 181 Å². The fourth-order valence-corrected chi connectivity index (χ4v) is 8.25. The summed E-state index contributed by atoms with van der Waals surface area (Å²) in [7, 11) is 3.55. The minimum absolute atomic E-state index is 0.119. The predicted octanol–water partition coefficient (Wildman–Crippen LogP) is 2.20. The van der Waals surface area contributed by atoms with Gasteiger partial charge in [-0.3, -0.25) is 14.5 Å². The van der Waals surface area contributed by atoms with E-state index in [1.54, 1.807) is 0 Å². The lowest BCUT2D eigenvalue weighted by atomic mass is 9.43. The second-order valence-electron chi connectivity index (χ2n) is 9.46. The third kappa shape index (κ3) is 1.72. The van der Waals surface area contributed by atoms with Crippen molar-refractivity contribution in [3.63, 3.8) is 0 Å². The Morgan fingerprint density at radius 3 is 2.77 bits per heavy atom. The van der Waals surface area contributed by atoms with Crippen molar-refractivity contribution in [3.05, 3.63) is 41.5 Å². The van der Waals surface area contributed by atoms with Gasteiger partial charge in [-0.1, -0.05) is 29.8 Å². The number of fused-ring (bicyclic) bond motifs is 3. The highest BCUT2D eigenvalue weighted by Gasteiger charge is 2.90. The van der Waals surface area contributed by atoms with Gasteiger partial charge in [0.15, 0.2) is 0 Å². The first-order chi connectivity index (χ1) is 14.9. The van der Waals surface area contributed by atoms with E-state index in [-0.39, 0.29) is 18.0 Å². The van der Waals surface area contributed by atoms with E-state index in [9.17, 15) is 9.59 Å². The lowest BCUT2D eigenvalue weighted by Gasteiger charge is -2.67. The van der Waals surface area contributed by atoms with Crippen LogP contribution in [0.15, 0.2) is 35.9 Å². The van der Waals surface area contributed by atoms with Crippen molar-refractivity contribution < 1.29 is 23.8 Å². The van der Waals surface area contributed by atoms with E-state index in [1.165, 1.54) is 19.6 Å². The zero-order valence-electron chi connectivity index (χ0n) is 18.4. The van der Waals surface area contributed by atoms with Crippen molar-refractivity contribution in [1.82, 2.24) is 4.90 Å². The first-order valence-corrected chi connectivity index (χ1v) is 11.1. The van der Waals surface area contributed by atoms with Crippen LogP contribution in [0.2, 0.25) is 0 Å². The Balaban J connectivity index is 1.77. The average Bonchev–Trinajstić information content (AvgIpc) is 3.17. The molecule has 8 rings (SSSR count). The van der Waals surface area contributed by atoms with Gasteiger partial charge in [-0.05, 0) is 31.4 Å². The molecular weight excluding hydrogens is 396 g/mol. The van der Waals surface area contributed by atoms with Gasteiger partial charge in [-0.2, -0.15) is 0 Å². The maximum atomic E-state index is 14.0. The van der Waals surface area contributed by atoms with Gasteiger partial charge < -0.3 is 19.1 Å². The van der Waals surface area contributed by atoms with Crippen molar-refractivity contribution >= 4 is 17.6 Å². The highest BCUT2D eigenvalue weighted by atomic mass is 16.7. The van der Waals surface area contributed by atoms with Gasteiger partial charge in [-0.25, -0.2) is 0 Å². The van der Waals surface area contributed by atoms with Crippen LogP contribution in [0, 0.1) is 11.3 Å². The number of benzene rings is 1. The Hall–Kier alpha value is -2.38. The Kier molecular flexibility index (Phi) is 3.67. The number of hydrogen-bond donors (Lipinski definition) is 0. The summed E-state index contributed by atoms with van der Waals surface area (Å²) in [6, 6.07) is 8.35. The highest BCUT2D eigenvalue weighted by molar-refractivity contribution is 5.87. The second-order valence-corrected chi connectivity index (χ2v) is 9.46. The van der Waals surface area contributed by atoms with Gasteiger partial charge in [-0.15, -0.1) is 0 Å². The number of hydrogen-bond acceptors (Lipinski definition) is 7. The number of methoxy groups -OCH3 is 1. The van der Waals surface area contributed by atoms with Crippen molar-refractivity contribution in [1.29, 1.82) is 0 Å². The maximum Gasteiger partial charge on any atom is 0.319 e. The Morgan fingerprint density at radius 2 is 2.06 bits per heavy atom. The molecule has 1 aliphatic carbocycles. The first-order valence-electron chi connectivity index (χ1n) is 11.1. The minimum atomic E-state index is -1.16. The van der Waals surface area contributed by atoms with Crippen LogP contribution < -0.4 is 4.90 Å². The molecule has 7 atom stereocenters. The smallest absolute Gasteiger partial charge is 0.319 e. The van der Waals surface area contributed by atoms with Gasteiger partial charge in [0, 0.05) is 38.7 Å². The van der Waals surface area contributed by atoms with E-state index in [0.717, 1.165) is 30.8 Å². The van der Waals surface area contributed by atoms with E-state index < -0.39 is 28.8 Å². The van der Waals surface area contributed by atoms with Gasteiger partial charge >= 0.3 is 11.9 Å². The molecule has 1 unspecified atom stereocenters. The molecule has 1 saturated carbocycles. The van der Waals surface area contributed by atoms with Crippen molar-refractivity contribution in [2.75, 3.05) is 32.1 Å². The molecule has 31 heavy (non-hydrogen) atoms. The van der Waals surface area contributed by atoms with E-state index in [0.29, 0.717) is 6.42 Å². The summed E-state index contributed by atoms with van der Waals surface area (Å²) in [4.78, 5) is 31.1. The summed E-state index contributed by atoms with van der Waals surface area (Å²) in [5, 5.41) is 0. The number of rotatable bonds is 2. The summed E-state index contributed by atoms with van der Waals surface area (Å²) < 4.78 is 17.9. The molecule has 0 aromatic heterocycles. The molecule has 7 aliphatic rings. The molecule has 1 aromatic carbocycles. The molecular formula is C24H28N2O5. The van der Waals surface area contributed by atoms with E-state index in [1.807, 2.05) is 19.1 Å². The summed E-state index contributed by atoms with van der Waals surface area (Å²) >= 11 is 0.